The van der Waals surface area contributed by atoms with Crippen molar-refractivity contribution < 1.29 is 0 Å². The van der Waals surface area contributed by atoms with Crippen LogP contribution in [-0.2, 0) is 0 Å². The number of aromatic nitrogens is 6. The first-order valence-corrected chi connectivity index (χ1v) is 6.95. The van der Waals surface area contributed by atoms with Gasteiger partial charge in [0.25, 0.3) is 5.95 Å². The third-order valence-electron chi connectivity index (χ3n) is 2.30. The van der Waals surface area contributed by atoms with Gasteiger partial charge in [0.05, 0.1) is 0 Å². The number of nitrogens with zero attached hydrogens (tertiary/aromatic N) is 6. The molecule has 7 nitrogen and oxygen atoms in total. The van der Waals surface area contributed by atoms with E-state index in [9.17, 15) is 0 Å². The average Bonchev–Trinajstić information content (AvgIpc) is 2.91. The van der Waals surface area contributed by atoms with E-state index in [-0.39, 0.29) is 5.28 Å². The van der Waals surface area contributed by atoms with E-state index in [1.54, 1.807) is 0 Å². The molecule has 0 radical (unpaired) electrons. The van der Waals surface area contributed by atoms with E-state index in [1.807, 2.05) is 24.3 Å². The van der Waals surface area contributed by atoms with Crippen molar-refractivity contribution in [1.29, 1.82) is 0 Å². The molecule has 0 unspecified atom stereocenters. The molecule has 0 atom stereocenters. The first kappa shape index (κ1) is 13.2. The molecule has 1 N–H and O–H groups in total. The highest BCUT2D eigenvalue weighted by Gasteiger charge is 2.07. The predicted octanol–water partition coefficient (Wildman–Crippen LogP) is 2.45. The molecule has 0 aliphatic heterocycles. The number of nitrogens with one attached hydrogen (secondary N) is 1. The molecule has 0 saturated heterocycles. The maximum absolute atomic E-state index is 5.90. The number of rotatable bonds is 3. The minimum atomic E-state index is 0.0821. The Labute approximate surface area is 132 Å². The standard InChI is InChI=1S/C11H7ClIN7/c12-9-17-10(16-8-3-1-2-7(13)4-8)19-11(18-9)20-6-14-5-15-20/h1-6H,(H,16,17,18,19). The van der Waals surface area contributed by atoms with Gasteiger partial charge in [-0.3, -0.25) is 0 Å². The molecule has 2 heterocycles. The average molecular weight is 400 g/mol. The monoisotopic (exact) mass is 399 g/mol. The van der Waals surface area contributed by atoms with Crippen LogP contribution in [0.15, 0.2) is 36.9 Å². The van der Waals surface area contributed by atoms with E-state index in [0.29, 0.717) is 11.9 Å². The Hall–Kier alpha value is -1.81. The van der Waals surface area contributed by atoms with Gasteiger partial charge in [-0.25, -0.2) is 4.98 Å². The Morgan fingerprint density at radius 2 is 2.10 bits per heavy atom. The van der Waals surface area contributed by atoms with E-state index in [2.05, 4.69) is 52.9 Å². The smallest absolute Gasteiger partial charge is 0.258 e. The molecule has 3 aromatic rings. The quantitative estimate of drug-likeness (QED) is 0.682. The Kier molecular flexibility index (Phi) is 3.74. The summed E-state index contributed by atoms with van der Waals surface area (Å²) in [5.41, 5.74) is 0.865. The van der Waals surface area contributed by atoms with Gasteiger partial charge < -0.3 is 5.32 Å². The van der Waals surface area contributed by atoms with Gasteiger partial charge in [-0.05, 0) is 52.4 Å². The maximum Gasteiger partial charge on any atom is 0.258 e. The van der Waals surface area contributed by atoms with Crippen molar-refractivity contribution in [3.8, 4) is 5.95 Å². The number of hydrogen-bond donors (Lipinski definition) is 1. The second-order valence-electron chi connectivity index (χ2n) is 3.70. The molecule has 0 aliphatic carbocycles. The summed E-state index contributed by atoms with van der Waals surface area (Å²) in [6, 6.07) is 7.81. The highest BCUT2D eigenvalue weighted by molar-refractivity contribution is 14.1. The van der Waals surface area contributed by atoms with Crippen LogP contribution < -0.4 is 5.32 Å². The van der Waals surface area contributed by atoms with Crippen molar-refractivity contribution in [1.82, 2.24) is 29.7 Å². The zero-order valence-electron chi connectivity index (χ0n) is 9.90. The predicted molar refractivity (Wildman–Crippen MR) is 82.2 cm³/mol. The molecule has 0 spiro atoms. The van der Waals surface area contributed by atoms with Crippen LogP contribution in [0.1, 0.15) is 0 Å². The Morgan fingerprint density at radius 1 is 1.20 bits per heavy atom. The molecule has 0 amide bonds. The van der Waals surface area contributed by atoms with E-state index in [0.717, 1.165) is 9.26 Å². The molecule has 100 valence electrons. The van der Waals surface area contributed by atoms with Gasteiger partial charge >= 0.3 is 0 Å². The van der Waals surface area contributed by atoms with Crippen LogP contribution in [-0.4, -0.2) is 29.7 Å². The largest absolute Gasteiger partial charge is 0.324 e. The van der Waals surface area contributed by atoms with E-state index in [4.69, 9.17) is 11.6 Å². The van der Waals surface area contributed by atoms with Crippen LogP contribution in [0, 0.1) is 3.57 Å². The van der Waals surface area contributed by atoms with Crippen LogP contribution in [0.25, 0.3) is 5.95 Å². The number of halogens is 2. The van der Waals surface area contributed by atoms with Gasteiger partial charge in [0.2, 0.25) is 11.2 Å². The molecule has 0 fully saturated rings. The molecule has 0 aliphatic rings. The molecule has 0 saturated carbocycles. The molecule has 9 heteroatoms. The van der Waals surface area contributed by atoms with Gasteiger partial charge in [-0.2, -0.15) is 24.7 Å². The fourth-order valence-electron chi connectivity index (χ4n) is 1.50. The minimum absolute atomic E-state index is 0.0821. The van der Waals surface area contributed by atoms with E-state index in [1.165, 1.54) is 17.3 Å². The zero-order valence-corrected chi connectivity index (χ0v) is 12.8. The van der Waals surface area contributed by atoms with Crippen molar-refractivity contribution in [2.45, 2.75) is 0 Å². The summed E-state index contributed by atoms with van der Waals surface area (Å²) in [6.07, 6.45) is 2.88. The van der Waals surface area contributed by atoms with Crippen molar-refractivity contribution in [2.75, 3.05) is 5.32 Å². The topological polar surface area (TPSA) is 81.4 Å². The van der Waals surface area contributed by atoms with Crippen molar-refractivity contribution >= 4 is 45.8 Å². The van der Waals surface area contributed by atoms with Gasteiger partial charge in [0.1, 0.15) is 12.7 Å². The molecule has 2 aromatic heterocycles. The lowest BCUT2D eigenvalue weighted by molar-refractivity contribution is 0.796. The molecular formula is C11H7ClIN7. The van der Waals surface area contributed by atoms with Gasteiger partial charge in [0, 0.05) is 9.26 Å². The number of anilines is 2. The summed E-state index contributed by atoms with van der Waals surface area (Å²) in [5.74, 6) is 0.646. The van der Waals surface area contributed by atoms with Crippen molar-refractivity contribution in [3.05, 3.63) is 45.8 Å². The highest BCUT2D eigenvalue weighted by Crippen LogP contribution is 2.17. The zero-order chi connectivity index (χ0) is 13.9. The first-order valence-electron chi connectivity index (χ1n) is 5.50. The van der Waals surface area contributed by atoms with Gasteiger partial charge in [0.15, 0.2) is 0 Å². The normalized spacial score (nSPS) is 10.5. The Balaban J connectivity index is 1.94. The van der Waals surface area contributed by atoms with Gasteiger partial charge in [-0.15, -0.1) is 0 Å². The second kappa shape index (κ2) is 5.67. The molecule has 1 aromatic carbocycles. The van der Waals surface area contributed by atoms with Crippen LogP contribution >= 0.6 is 34.2 Å². The fourth-order valence-corrected chi connectivity index (χ4v) is 2.20. The second-order valence-corrected chi connectivity index (χ2v) is 5.29. The SMILES string of the molecule is Clc1nc(Nc2cccc(I)c2)nc(-n2cncn2)n1. The summed E-state index contributed by atoms with van der Waals surface area (Å²) in [5, 5.41) is 7.11. The van der Waals surface area contributed by atoms with Crippen LogP contribution in [0.5, 0.6) is 0 Å². The van der Waals surface area contributed by atoms with Crippen molar-refractivity contribution in [3.63, 3.8) is 0 Å². The molecule has 20 heavy (non-hydrogen) atoms. The van der Waals surface area contributed by atoms with E-state index < -0.39 is 0 Å². The first-order chi connectivity index (χ1) is 9.70. The number of hydrogen-bond acceptors (Lipinski definition) is 6. The van der Waals surface area contributed by atoms with Crippen LogP contribution in [0.4, 0.5) is 11.6 Å². The lowest BCUT2D eigenvalue weighted by Crippen LogP contribution is -2.07. The Morgan fingerprint density at radius 3 is 2.85 bits per heavy atom. The summed E-state index contributed by atoms with van der Waals surface area (Å²) in [4.78, 5) is 16.1. The highest BCUT2D eigenvalue weighted by atomic mass is 127. The molecule has 3 rings (SSSR count). The van der Waals surface area contributed by atoms with Crippen LogP contribution in [0.3, 0.4) is 0 Å². The van der Waals surface area contributed by atoms with Crippen LogP contribution in [0.2, 0.25) is 5.28 Å². The van der Waals surface area contributed by atoms with Gasteiger partial charge in [-0.1, -0.05) is 6.07 Å². The lowest BCUT2D eigenvalue weighted by atomic mass is 10.3. The molecular weight excluding hydrogens is 393 g/mol. The third kappa shape index (κ3) is 3.02. The summed E-state index contributed by atoms with van der Waals surface area (Å²) in [6.45, 7) is 0. The van der Waals surface area contributed by atoms with Crippen molar-refractivity contribution in [2.24, 2.45) is 0 Å². The summed E-state index contributed by atoms with van der Waals surface area (Å²) in [7, 11) is 0. The minimum Gasteiger partial charge on any atom is -0.324 e. The molecule has 0 bridgehead atoms. The third-order valence-corrected chi connectivity index (χ3v) is 3.14. The maximum atomic E-state index is 5.90. The summed E-state index contributed by atoms with van der Waals surface area (Å²) >= 11 is 8.13. The van der Waals surface area contributed by atoms with E-state index >= 15 is 0 Å². The number of benzene rings is 1. The lowest BCUT2D eigenvalue weighted by Gasteiger charge is -2.06. The Bertz CT molecular complexity index is 731. The summed E-state index contributed by atoms with van der Waals surface area (Å²) < 4.78 is 2.51. The fraction of sp³-hybridized carbons (Fsp3) is 0.